The van der Waals surface area contributed by atoms with Crippen LogP contribution in [0, 0.1) is 5.92 Å². The largest absolute Gasteiger partial charge is 0.493 e. The van der Waals surface area contributed by atoms with Crippen LogP contribution in [0.15, 0.2) is 18.2 Å². The standard InChI is InChI=1S/C19H24N2O4/c1-24-19(23)14-5-13(6-17(7-14)25-11-12-3-2-4-12)18(22)21-10-15-8-16(21)9-20-15/h5-7,12,15-16,20H,2-4,8-11H2,1H3/t15-,16-/m0/s1. The van der Waals surface area contributed by atoms with E-state index in [9.17, 15) is 9.59 Å². The van der Waals surface area contributed by atoms with Gasteiger partial charge in [-0.1, -0.05) is 6.42 Å². The number of carbonyl (C=O) groups is 2. The van der Waals surface area contributed by atoms with Crippen molar-refractivity contribution in [2.75, 3.05) is 26.8 Å². The maximum Gasteiger partial charge on any atom is 0.338 e. The Morgan fingerprint density at radius 2 is 2.04 bits per heavy atom. The van der Waals surface area contributed by atoms with Crippen LogP contribution >= 0.6 is 0 Å². The maximum absolute atomic E-state index is 12.9. The van der Waals surface area contributed by atoms with Crippen molar-refractivity contribution in [3.63, 3.8) is 0 Å². The molecule has 6 nitrogen and oxygen atoms in total. The van der Waals surface area contributed by atoms with Gasteiger partial charge in [0, 0.05) is 30.7 Å². The Hall–Kier alpha value is -2.08. The molecule has 3 aliphatic rings. The van der Waals surface area contributed by atoms with Crippen LogP contribution in [0.4, 0.5) is 0 Å². The molecule has 2 heterocycles. The normalized spacial score (nSPS) is 24.9. The van der Waals surface area contributed by atoms with E-state index in [-0.39, 0.29) is 11.9 Å². The minimum atomic E-state index is -0.451. The van der Waals surface area contributed by atoms with E-state index >= 15 is 0 Å². The minimum Gasteiger partial charge on any atom is -0.493 e. The van der Waals surface area contributed by atoms with Crippen molar-refractivity contribution < 1.29 is 19.1 Å². The van der Waals surface area contributed by atoms with Gasteiger partial charge in [0.15, 0.2) is 0 Å². The Kier molecular flexibility index (Phi) is 4.37. The highest BCUT2D eigenvalue weighted by Gasteiger charge is 2.40. The maximum atomic E-state index is 12.9. The summed E-state index contributed by atoms with van der Waals surface area (Å²) in [7, 11) is 1.34. The zero-order valence-electron chi connectivity index (χ0n) is 14.5. The molecule has 2 saturated heterocycles. The quantitative estimate of drug-likeness (QED) is 0.826. The fraction of sp³-hybridized carbons (Fsp3) is 0.579. The molecular formula is C19H24N2O4. The summed E-state index contributed by atoms with van der Waals surface area (Å²) < 4.78 is 10.7. The first kappa shape index (κ1) is 16.4. The predicted molar refractivity (Wildman–Crippen MR) is 91.8 cm³/mol. The van der Waals surface area contributed by atoms with Crippen molar-refractivity contribution in [3.8, 4) is 5.75 Å². The number of methoxy groups -OCH3 is 1. The number of hydrogen-bond acceptors (Lipinski definition) is 5. The van der Waals surface area contributed by atoms with Gasteiger partial charge in [-0.3, -0.25) is 4.79 Å². The molecule has 2 bridgehead atoms. The van der Waals surface area contributed by atoms with Gasteiger partial charge in [0.1, 0.15) is 5.75 Å². The second-order valence-corrected chi connectivity index (χ2v) is 7.30. The lowest BCUT2D eigenvalue weighted by atomic mass is 9.86. The van der Waals surface area contributed by atoms with E-state index in [1.165, 1.54) is 26.4 Å². The van der Waals surface area contributed by atoms with Gasteiger partial charge in [-0.2, -0.15) is 0 Å². The van der Waals surface area contributed by atoms with E-state index in [4.69, 9.17) is 9.47 Å². The van der Waals surface area contributed by atoms with Crippen LogP contribution in [0.1, 0.15) is 46.4 Å². The van der Waals surface area contributed by atoms with Crippen molar-refractivity contribution in [1.82, 2.24) is 10.2 Å². The number of piperazine rings is 1. The molecular weight excluding hydrogens is 320 g/mol. The lowest BCUT2D eigenvalue weighted by Crippen LogP contribution is -2.46. The Morgan fingerprint density at radius 3 is 2.64 bits per heavy atom. The molecule has 0 spiro atoms. The molecule has 3 fully saturated rings. The molecule has 2 atom stereocenters. The van der Waals surface area contributed by atoms with Crippen LogP contribution in [0.25, 0.3) is 0 Å². The minimum absolute atomic E-state index is 0.0340. The number of nitrogens with one attached hydrogen (secondary N) is 1. The lowest BCUT2D eigenvalue weighted by molar-refractivity contribution is 0.0600. The number of esters is 1. The Balaban J connectivity index is 1.56. The Bertz CT molecular complexity index is 686. The summed E-state index contributed by atoms with van der Waals surface area (Å²) in [5.41, 5.74) is 0.860. The highest BCUT2D eigenvalue weighted by atomic mass is 16.5. The van der Waals surface area contributed by atoms with Gasteiger partial charge in [-0.25, -0.2) is 4.79 Å². The molecule has 0 unspecified atom stereocenters. The molecule has 0 radical (unpaired) electrons. The van der Waals surface area contributed by atoms with Crippen LogP contribution < -0.4 is 10.1 Å². The molecule has 1 N–H and O–H groups in total. The van der Waals surface area contributed by atoms with E-state index in [0.29, 0.717) is 35.4 Å². The van der Waals surface area contributed by atoms with Gasteiger partial charge in [0.25, 0.3) is 5.91 Å². The molecule has 6 heteroatoms. The zero-order chi connectivity index (χ0) is 17.4. The van der Waals surface area contributed by atoms with Crippen LogP contribution in [0.2, 0.25) is 0 Å². The first-order valence-corrected chi connectivity index (χ1v) is 9.04. The molecule has 1 aromatic carbocycles. The van der Waals surface area contributed by atoms with Crippen molar-refractivity contribution >= 4 is 11.9 Å². The molecule has 4 rings (SSSR count). The van der Waals surface area contributed by atoms with E-state index in [1.807, 2.05) is 4.90 Å². The molecule has 134 valence electrons. The van der Waals surface area contributed by atoms with Crippen molar-refractivity contribution in [1.29, 1.82) is 0 Å². The zero-order valence-corrected chi connectivity index (χ0v) is 14.5. The topological polar surface area (TPSA) is 67.9 Å². The monoisotopic (exact) mass is 344 g/mol. The van der Waals surface area contributed by atoms with Gasteiger partial charge in [0.2, 0.25) is 0 Å². The molecule has 25 heavy (non-hydrogen) atoms. The highest BCUT2D eigenvalue weighted by molar-refractivity contribution is 5.99. The SMILES string of the molecule is COC(=O)c1cc(OCC2CCC2)cc(C(=O)N2C[C@@H]3C[C@H]2CN3)c1. The van der Waals surface area contributed by atoms with Gasteiger partial charge in [0.05, 0.1) is 19.3 Å². The second kappa shape index (κ2) is 6.67. The van der Waals surface area contributed by atoms with Crippen LogP contribution in [-0.2, 0) is 4.74 Å². The van der Waals surface area contributed by atoms with Crippen LogP contribution in [-0.4, -0.2) is 55.7 Å². The van der Waals surface area contributed by atoms with Gasteiger partial charge >= 0.3 is 5.97 Å². The summed E-state index contributed by atoms with van der Waals surface area (Å²) in [5, 5.41) is 3.40. The van der Waals surface area contributed by atoms with E-state index < -0.39 is 5.97 Å². The number of rotatable bonds is 5. The molecule has 1 amide bonds. The number of carbonyl (C=O) groups excluding carboxylic acids is 2. The van der Waals surface area contributed by atoms with Crippen molar-refractivity contribution in [2.45, 2.75) is 37.8 Å². The second-order valence-electron chi connectivity index (χ2n) is 7.30. The van der Waals surface area contributed by atoms with Crippen molar-refractivity contribution in [3.05, 3.63) is 29.3 Å². The number of amides is 1. The number of hydrogen-bond donors (Lipinski definition) is 1. The molecule has 0 aromatic heterocycles. The first-order valence-electron chi connectivity index (χ1n) is 9.04. The number of fused-ring (bicyclic) bond motifs is 2. The molecule has 1 aromatic rings. The van der Waals surface area contributed by atoms with E-state index in [0.717, 1.165) is 19.5 Å². The van der Waals surface area contributed by atoms with E-state index in [1.54, 1.807) is 18.2 Å². The van der Waals surface area contributed by atoms with Gasteiger partial charge < -0.3 is 19.7 Å². The Labute approximate surface area is 147 Å². The van der Waals surface area contributed by atoms with Gasteiger partial charge in [-0.15, -0.1) is 0 Å². The summed E-state index contributed by atoms with van der Waals surface area (Å²) in [6, 6.07) is 5.68. The van der Waals surface area contributed by atoms with Crippen LogP contribution in [0.3, 0.4) is 0 Å². The van der Waals surface area contributed by atoms with Crippen LogP contribution in [0.5, 0.6) is 5.75 Å². The third-order valence-electron chi connectivity index (χ3n) is 5.60. The number of benzene rings is 1. The number of likely N-dealkylation sites (tertiary alicyclic amines) is 1. The molecule has 2 aliphatic heterocycles. The highest BCUT2D eigenvalue weighted by Crippen LogP contribution is 2.29. The Morgan fingerprint density at radius 1 is 1.24 bits per heavy atom. The lowest BCUT2D eigenvalue weighted by Gasteiger charge is -2.28. The van der Waals surface area contributed by atoms with Gasteiger partial charge in [-0.05, 0) is 43.4 Å². The summed E-state index contributed by atoms with van der Waals surface area (Å²) in [5.74, 6) is 0.669. The summed E-state index contributed by atoms with van der Waals surface area (Å²) in [6.45, 7) is 2.21. The predicted octanol–water partition coefficient (Wildman–Crippen LogP) is 1.84. The fourth-order valence-electron chi connectivity index (χ4n) is 3.89. The van der Waals surface area contributed by atoms with E-state index in [2.05, 4.69) is 5.32 Å². The summed E-state index contributed by atoms with van der Waals surface area (Å²) in [6.07, 6.45) is 4.64. The molecule has 1 aliphatic carbocycles. The fourth-order valence-corrected chi connectivity index (χ4v) is 3.89. The summed E-state index contributed by atoms with van der Waals surface area (Å²) >= 11 is 0. The smallest absolute Gasteiger partial charge is 0.338 e. The third-order valence-corrected chi connectivity index (χ3v) is 5.60. The number of ether oxygens (including phenoxy) is 2. The average molecular weight is 344 g/mol. The molecule has 1 saturated carbocycles. The summed E-state index contributed by atoms with van der Waals surface area (Å²) in [4.78, 5) is 26.8. The third kappa shape index (κ3) is 3.23. The van der Waals surface area contributed by atoms with Crippen molar-refractivity contribution in [2.24, 2.45) is 5.92 Å². The first-order chi connectivity index (χ1) is 12.1. The average Bonchev–Trinajstić information content (AvgIpc) is 3.22. The number of nitrogens with zero attached hydrogens (tertiary/aromatic N) is 1.